The predicted octanol–water partition coefficient (Wildman–Crippen LogP) is 3.81. The Hall–Kier alpha value is -1.02. The highest BCUT2D eigenvalue weighted by atomic mass is 15.2. The average molecular weight is 260 g/mol. The minimum Gasteiger partial charge on any atom is -0.369 e. The van der Waals surface area contributed by atoms with Crippen LogP contribution in [0.3, 0.4) is 0 Å². The van der Waals surface area contributed by atoms with Crippen molar-refractivity contribution in [2.45, 2.75) is 52.6 Å². The van der Waals surface area contributed by atoms with Gasteiger partial charge in [-0.15, -0.1) is 0 Å². The molecular formula is C17H28N2. The van der Waals surface area contributed by atoms with Crippen molar-refractivity contribution in [3.05, 3.63) is 29.8 Å². The number of benzene rings is 1. The molecule has 1 saturated carbocycles. The highest BCUT2D eigenvalue weighted by molar-refractivity contribution is 5.54. The van der Waals surface area contributed by atoms with E-state index in [1.54, 1.807) is 0 Å². The van der Waals surface area contributed by atoms with Crippen LogP contribution in [-0.4, -0.2) is 19.1 Å². The van der Waals surface area contributed by atoms with Crippen molar-refractivity contribution < 1.29 is 0 Å². The summed E-state index contributed by atoms with van der Waals surface area (Å²) < 4.78 is 0. The lowest BCUT2D eigenvalue weighted by atomic mass is 10.1. The van der Waals surface area contributed by atoms with Crippen molar-refractivity contribution in [2.24, 2.45) is 5.92 Å². The van der Waals surface area contributed by atoms with Crippen molar-refractivity contribution in [2.75, 3.05) is 18.0 Å². The zero-order valence-electron chi connectivity index (χ0n) is 12.7. The van der Waals surface area contributed by atoms with E-state index in [-0.39, 0.29) is 0 Å². The molecule has 2 heteroatoms. The molecule has 1 N–H and O–H groups in total. The third kappa shape index (κ3) is 4.24. The van der Waals surface area contributed by atoms with Crippen LogP contribution in [0.4, 0.5) is 5.69 Å². The van der Waals surface area contributed by atoms with Gasteiger partial charge in [-0.05, 0) is 57.2 Å². The van der Waals surface area contributed by atoms with Crippen LogP contribution in [-0.2, 0) is 6.54 Å². The normalized spacial score (nSPS) is 14.9. The molecule has 0 aliphatic heterocycles. The van der Waals surface area contributed by atoms with Gasteiger partial charge in [-0.1, -0.05) is 25.1 Å². The van der Waals surface area contributed by atoms with E-state index in [1.807, 2.05) is 0 Å². The maximum atomic E-state index is 3.53. The molecule has 0 amide bonds. The third-order valence-electron chi connectivity index (χ3n) is 3.82. The van der Waals surface area contributed by atoms with Crippen LogP contribution in [0.25, 0.3) is 0 Å². The molecule has 0 atom stereocenters. The second-order valence-electron chi connectivity index (χ2n) is 5.99. The standard InChI is InChI=1S/C17H28N2/c1-4-11-18-12-16-7-5-6-8-17(16)19(14(2)3)13-15-9-10-15/h5-8,14-15,18H,4,9-13H2,1-3H3. The molecule has 1 fully saturated rings. The summed E-state index contributed by atoms with van der Waals surface area (Å²) in [6.07, 6.45) is 4.02. The van der Waals surface area contributed by atoms with Crippen molar-refractivity contribution in [1.82, 2.24) is 5.32 Å². The minimum atomic E-state index is 0.577. The molecule has 0 unspecified atom stereocenters. The Kier molecular flexibility index (Phi) is 5.26. The number of rotatable bonds is 8. The SMILES string of the molecule is CCCNCc1ccccc1N(CC1CC1)C(C)C. The second kappa shape index (κ2) is 6.95. The number of nitrogens with zero attached hydrogens (tertiary/aromatic N) is 1. The summed E-state index contributed by atoms with van der Waals surface area (Å²) in [7, 11) is 0. The van der Waals surface area contributed by atoms with Crippen LogP contribution >= 0.6 is 0 Å². The summed E-state index contributed by atoms with van der Waals surface area (Å²) in [6, 6.07) is 9.45. The van der Waals surface area contributed by atoms with E-state index < -0.39 is 0 Å². The molecule has 2 nitrogen and oxygen atoms in total. The molecule has 1 aliphatic rings. The van der Waals surface area contributed by atoms with Gasteiger partial charge in [0.2, 0.25) is 0 Å². The van der Waals surface area contributed by atoms with Crippen molar-refractivity contribution in [3.8, 4) is 0 Å². The fourth-order valence-electron chi connectivity index (χ4n) is 2.51. The highest BCUT2D eigenvalue weighted by Crippen LogP contribution is 2.33. The monoisotopic (exact) mass is 260 g/mol. The maximum absolute atomic E-state index is 3.53. The fraction of sp³-hybridized carbons (Fsp3) is 0.647. The Morgan fingerprint density at radius 1 is 1.26 bits per heavy atom. The molecule has 1 aromatic rings. The first-order valence-electron chi connectivity index (χ1n) is 7.77. The first kappa shape index (κ1) is 14.4. The lowest BCUT2D eigenvalue weighted by Crippen LogP contribution is -2.34. The molecule has 106 valence electrons. The van der Waals surface area contributed by atoms with Gasteiger partial charge in [0.05, 0.1) is 0 Å². The predicted molar refractivity (Wildman–Crippen MR) is 83.6 cm³/mol. The summed E-state index contributed by atoms with van der Waals surface area (Å²) in [5, 5.41) is 3.53. The van der Waals surface area contributed by atoms with E-state index in [2.05, 4.69) is 55.3 Å². The smallest absolute Gasteiger partial charge is 0.0414 e. The summed E-state index contributed by atoms with van der Waals surface area (Å²) in [5.74, 6) is 0.930. The largest absolute Gasteiger partial charge is 0.369 e. The van der Waals surface area contributed by atoms with Crippen LogP contribution in [0.15, 0.2) is 24.3 Å². The lowest BCUT2D eigenvalue weighted by molar-refractivity contribution is 0.631. The summed E-state index contributed by atoms with van der Waals surface area (Å²) in [4.78, 5) is 2.58. The van der Waals surface area contributed by atoms with Gasteiger partial charge >= 0.3 is 0 Å². The molecular weight excluding hydrogens is 232 g/mol. The third-order valence-corrected chi connectivity index (χ3v) is 3.82. The molecule has 1 aromatic carbocycles. The molecule has 1 aliphatic carbocycles. The Morgan fingerprint density at radius 2 is 2.00 bits per heavy atom. The summed E-state index contributed by atoms with van der Waals surface area (Å²) >= 11 is 0. The first-order valence-corrected chi connectivity index (χ1v) is 7.77. The van der Waals surface area contributed by atoms with E-state index in [0.717, 1.165) is 19.0 Å². The van der Waals surface area contributed by atoms with Crippen LogP contribution in [0.2, 0.25) is 0 Å². The van der Waals surface area contributed by atoms with Gasteiger partial charge in [0.1, 0.15) is 0 Å². The van der Waals surface area contributed by atoms with Crippen LogP contribution in [0.5, 0.6) is 0 Å². The number of nitrogens with one attached hydrogen (secondary N) is 1. The van der Waals surface area contributed by atoms with E-state index in [1.165, 1.54) is 37.1 Å². The topological polar surface area (TPSA) is 15.3 Å². The van der Waals surface area contributed by atoms with Crippen LogP contribution in [0.1, 0.15) is 45.6 Å². The Morgan fingerprint density at radius 3 is 2.63 bits per heavy atom. The van der Waals surface area contributed by atoms with Crippen molar-refractivity contribution >= 4 is 5.69 Å². The van der Waals surface area contributed by atoms with Crippen LogP contribution in [0, 0.1) is 5.92 Å². The zero-order chi connectivity index (χ0) is 13.7. The molecule has 0 heterocycles. The number of hydrogen-bond acceptors (Lipinski definition) is 2. The highest BCUT2D eigenvalue weighted by Gasteiger charge is 2.26. The molecule has 19 heavy (non-hydrogen) atoms. The van der Waals surface area contributed by atoms with E-state index in [9.17, 15) is 0 Å². The van der Waals surface area contributed by atoms with Crippen LogP contribution < -0.4 is 10.2 Å². The maximum Gasteiger partial charge on any atom is 0.0414 e. The Bertz CT molecular complexity index is 383. The van der Waals surface area contributed by atoms with Crippen molar-refractivity contribution in [3.63, 3.8) is 0 Å². The van der Waals surface area contributed by atoms with Gasteiger partial charge in [-0.25, -0.2) is 0 Å². The zero-order valence-corrected chi connectivity index (χ0v) is 12.7. The lowest BCUT2D eigenvalue weighted by Gasteiger charge is -2.31. The Balaban J connectivity index is 2.10. The van der Waals surface area contributed by atoms with E-state index in [4.69, 9.17) is 0 Å². The van der Waals surface area contributed by atoms with E-state index in [0.29, 0.717) is 6.04 Å². The van der Waals surface area contributed by atoms with Gasteiger partial charge in [-0.3, -0.25) is 0 Å². The second-order valence-corrected chi connectivity index (χ2v) is 5.99. The molecule has 0 aromatic heterocycles. The first-order chi connectivity index (χ1) is 9.22. The molecule has 0 spiro atoms. The van der Waals surface area contributed by atoms with Gasteiger partial charge < -0.3 is 10.2 Å². The van der Waals surface area contributed by atoms with Gasteiger partial charge in [-0.2, -0.15) is 0 Å². The number of hydrogen-bond donors (Lipinski definition) is 1. The molecule has 0 radical (unpaired) electrons. The number of para-hydroxylation sites is 1. The molecule has 0 bridgehead atoms. The quantitative estimate of drug-likeness (QED) is 0.715. The van der Waals surface area contributed by atoms with Gasteiger partial charge in [0, 0.05) is 24.8 Å². The summed E-state index contributed by atoms with van der Waals surface area (Å²) in [5.41, 5.74) is 2.86. The van der Waals surface area contributed by atoms with Crippen molar-refractivity contribution in [1.29, 1.82) is 0 Å². The van der Waals surface area contributed by atoms with Gasteiger partial charge in [0.25, 0.3) is 0 Å². The molecule has 0 saturated heterocycles. The van der Waals surface area contributed by atoms with Gasteiger partial charge in [0.15, 0.2) is 0 Å². The Labute approximate surface area is 118 Å². The average Bonchev–Trinajstić information content (AvgIpc) is 3.21. The molecule has 2 rings (SSSR count). The number of anilines is 1. The minimum absolute atomic E-state index is 0.577. The fourth-order valence-corrected chi connectivity index (χ4v) is 2.51. The summed E-state index contributed by atoms with van der Waals surface area (Å²) in [6.45, 7) is 10.1. The van der Waals surface area contributed by atoms with E-state index >= 15 is 0 Å².